The van der Waals surface area contributed by atoms with Gasteiger partial charge in [-0.05, 0) is 85.0 Å². The van der Waals surface area contributed by atoms with E-state index in [1.165, 1.54) is 59.9 Å². The molecule has 0 spiro atoms. The van der Waals surface area contributed by atoms with Gasteiger partial charge < -0.3 is 5.11 Å². The van der Waals surface area contributed by atoms with Gasteiger partial charge in [-0.3, -0.25) is 4.90 Å². The van der Waals surface area contributed by atoms with Crippen LogP contribution in [0.1, 0.15) is 61.8 Å². The normalized spacial score (nSPS) is 27.1. The second-order valence-corrected chi connectivity index (χ2v) is 10.2. The highest BCUT2D eigenvalue weighted by atomic mass is 35.5. The van der Waals surface area contributed by atoms with Gasteiger partial charge in [0.2, 0.25) is 0 Å². The first-order chi connectivity index (χ1) is 15.7. The van der Waals surface area contributed by atoms with E-state index in [0.717, 1.165) is 13.0 Å². The summed E-state index contributed by atoms with van der Waals surface area (Å²) < 4.78 is 0. The molecule has 3 aromatic carbocycles. The summed E-state index contributed by atoms with van der Waals surface area (Å²) in [7, 11) is 0. The molecule has 3 aliphatic rings. The third-order valence-corrected chi connectivity index (χ3v) is 8.86. The number of phenolic OH excluding ortho intramolecular Hbond substituents is 1. The Bertz CT molecular complexity index is 1130. The van der Waals surface area contributed by atoms with Crippen molar-refractivity contribution in [2.75, 3.05) is 6.54 Å². The molecule has 2 bridgehead atoms. The van der Waals surface area contributed by atoms with Crippen LogP contribution < -0.4 is 0 Å². The van der Waals surface area contributed by atoms with Crippen molar-refractivity contribution >= 4 is 12.4 Å². The van der Waals surface area contributed by atoms with Crippen LogP contribution in [0.25, 0.3) is 11.1 Å². The number of piperidine rings is 1. The van der Waals surface area contributed by atoms with Crippen molar-refractivity contribution in [1.82, 2.24) is 4.90 Å². The van der Waals surface area contributed by atoms with Crippen molar-refractivity contribution in [2.45, 2.75) is 62.9 Å². The molecule has 3 aromatic rings. The average molecular weight is 460 g/mol. The van der Waals surface area contributed by atoms with E-state index in [1.54, 1.807) is 0 Å². The minimum atomic E-state index is 0. The fourth-order valence-electron chi connectivity index (χ4n) is 7.42. The zero-order valence-electron chi connectivity index (χ0n) is 19.4. The van der Waals surface area contributed by atoms with Gasteiger partial charge in [-0.2, -0.15) is 0 Å². The number of likely N-dealkylation sites (tertiary alicyclic amines) is 1. The molecule has 1 heterocycles. The molecular formula is C30H34ClNO. The zero-order valence-corrected chi connectivity index (χ0v) is 20.2. The van der Waals surface area contributed by atoms with Gasteiger partial charge in [-0.25, -0.2) is 0 Å². The number of fused-ring (bicyclic) bond motifs is 1. The van der Waals surface area contributed by atoms with E-state index in [2.05, 4.69) is 78.6 Å². The van der Waals surface area contributed by atoms with E-state index in [4.69, 9.17) is 0 Å². The Morgan fingerprint density at radius 1 is 0.939 bits per heavy atom. The standard InChI is InChI=1S/C30H33NO.ClH/c1-21(25-11-5-6-12-26(25)22-9-3-2-4-10-22)31-18-17-30-16-8-7-13-27(30)29(31)19-23-14-15-24(32)20-28(23)30;/h2-6,9-12,14-15,20-21,27,29,32H,7-8,13,16-19H2,1H3;1H/t21?,27-,29+,30+;/m0./s1. The molecular weight excluding hydrogens is 426 g/mol. The molecule has 3 heteroatoms. The van der Waals surface area contributed by atoms with Crippen LogP contribution in [-0.4, -0.2) is 22.6 Å². The molecule has 1 N–H and O–H groups in total. The number of benzene rings is 3. The highest BCUT2D eigenvalue weighted by Crippen LogP contribution is 2.57. The molecule has 0 radical (unpaired) electrons. The first-order valence-corrected chi connectivity index (χ1v) is 12.4. The third-order valence-electron chi connectivity index (χ3n) is 8.86. The number of nitrogens with zero attached hydrogens (tertiary/aromatic N) is 1. The van der Waals surface area contributed by atoms with E-state index in [9.17, 15) is 5.11 Å². The minimum Gasteiger partial charge on any atom is -0.508 e. The smallest absolute Gasteiger partial charge is 0.115 e. The quantitative estimate of drug-likeness (QED) is 0.444. The highest BCUT2D eigenvalue weighted by Gasteiger charge is 2.54. The average Bonchev–Trinajstić information content (AvgIpc) is 2.85. The van der Waals surface area contributed by atoms with Crippen LogP contribution in [0.5, 0.6) is 5.75 Å². The maximum atomic E-state index is 10.3. The molecule has 1 unspecified atom stereocenters. The van der Waals surface area contributed by atoms with Gasteiger partial charge >= 0.3 is 0 Å². The predicted molar refractivity (Wildman–Crippen MR) is 138 cm³/mol. The lowest BCUT2D eigenvalue weighted by Gasteiger charge is -2.60. The van der Waals surface area contributed by atoms with Gasteiger partial charge in [-0.15, -0.1) is 12.4 Å². The largest absolute Gasteiger partial charge is 0.508 e. The maximum Gasteiger partial charge on any atom is 0.115 e. The van der Waals surface area contributed by atoms with Gasteiger partial charge in [0.1, 0.15) is 5.75 Å². The Morgan fingerprint density at radius 2 is 1.73 bits per heavy atom. The van der Waals surface area contributed by atoms with Crippen LogP contribution >= 0.6 is 12.4 Å². The van der Waals surface area contributed by atoms with Crippen molar-refractivity contribution in [3.63, 3.8) is 0 Å². The number of hydrogen-bond donors (Lipinski definition) is 1. The first kappa shape index (κ1) is 22.5. The Balaban J connectivity index is 0.00000228. The van der Waals surface area contributed by atoms with Crippen LogP contribution in [0.4, 0.5) is 0 Å². The van der Waals surface area contributed by atoms with Crippen molar-refractivity contribution < 1.29 is 5.11 Å². The van der Waals surface area contributed by atoms with E-state index < -0.39 is 0 Å². The monoisotopic (exact) mass is 459 g/mol. The number of aromatic hydroxyl groups is 1. The predicted octanol–water partition coefficient (Wildman–Crippen LogP) is 7.30. The van der Waals surface area contributed by atoms with Gasteiger partial charge in [-0.1, -0.05) is 73.5 Å². The molecule has 0 aromatic heterocycles. The zero-order chi connectivity index (χ0) is 21.7. The van der Waals surface area contributed by atoms with Crippen LogP contribution in [0.2, 0.25) is 0 Å². The van der Waals surface area contributed by atoms with Crippen LogP contribution in [0.3, 0.4) is 0 Å². The van der Waals surface area contributed by atoms with Gasteiger partial charge in [0, 0.05) is 17.5 Å². The summed E-state index contributed by atoms with van der Waals surface area (Å²) in [6.07, 6.45) is 7.60. The summed E-state index contributed by atoms with van der Waals surface area (Å²) in [5.74, 6) is 1.14. The number of halogens is 1. The second kappa shape index (κ2) is 8.81. The maximum absolute atomic E-state index is 10.3. The second-order valence-electron chi connectivity index (χ2n) is 10.2. The Kier molecular flexibility index (Phi) is 6.01. The van der Waals surface area contributed by atoms with Crippen molar-refractivity contribution in [3.05, 3.63) is 89.5 Å². The minimum absolute atomic E-state index is 0. The van der Waals surface area contributed by atoms with Gasteiger partial charge in [0.05, 0.1) is 0 Å². The molecule has 2 aliphatic carbocycles. The highest BCUT2D eigenvalue weighted by molar-refractivity contribution is 5.85. The summed E-state index contributed by atoms with van der Waals surface area (Å²) in [5, 5.41) is 10.3. The summed E-state index contributed by atoms with van der Waals surface area (Å²) >= 11 is 0. The lowest BCUT2D eigenvalue weighted by molar-refractivity contribution is -0.0307. The van der Waals surface area contributed by atoms with Crippen LogP contribution in [-0.2, 0) is 11.8 Å². The number of rotatable bonds is 3. The van der Waals surface area contributed by atoms with Gasteiger partial charge in [0.25, 0.3) is 0 Å². The molecule has 172 valence electrons. The topological polar surface area (TPSA) is 23.5 Å². The number of phenols is 1. The molecule has 0 amide bonds. The molecule has 4 atom stereocenters. The van der Waals surface area contributed by atoms with Crippen molar-refractivity contribution in [3.8, 4) is 16.9 Å². The summed E-state index contributed by atoms with van der Waals surface area (Å²) in [4.78, 5) is 2.83. The first-order valence-electron chi connectivity index (χ1n) is 12.4. The summed E-state index contributed by atoms with van der Waals surface area (Å²) in [6, 6.07) is 27.0. The van der Waals surface area contributed by atoms with Gasteiger partial charge in [0.15, 0.2) is 0 Å². The SMILES string of the molecule is CC(c1ccccc1-c1ccccc1)N1CC[C@]23CCCC[C@H]2[C@H]1Cc1ccc(O)cc13.Cl. The Labute approximate surface area is 204 Å². The number of hydrogen-bond acceptors (Lipinski definition) is 2. The molecule has 33 heavy (non-hydrogen) atoms. The molecule has 1 saturated heterocycles. The molecule has 2 fully saturated rings. The molecule has 1 aliphatic heterocycles. The van der Waals surface area contributed by atoms with E-state index in [-0.39, 0.29) is 17.8 Å². The molecule has 2 nitrogen and oxygen atoms in total. The molecule has 1 saturated carbocycles. The Morgan fingerprint density at radius 3 is 2.58 bits per heavy atom. The van der Waals surface area contributed by atoms with E-state index in [1.807, 2.05) is 6.07 Å². The summed E-state index contributed by atoms with van der Waals surface area (Å²) in [5.41, 5.74) is 7.32. The lowest BCUT2D eigenvalue weighted by Crippen LogP contribution is -2.61. The Hall–Kier alpha value is -2.29. The van der Waals surface area contributed by atoms with Crippen LogP contribution in [0, 0.1) is 5.92 Å². The third kappa shape index (κ3) is 3.59. The van der Waals surface area contributed by atoms with Crippen LogP contribution in [0.15, 0.2) is 72.8 Å². The van der Waals surface area contributed by atoms with Crippen molar-refractivity contribution in [1.29, 1.82) is 0 Å². The molecule has 6 rings (SSSR count). The van der Waals surface area contributed by atoms with E-state index >= 15 is 0 Å². The summed E-state index contributed by atoms with van der Waals surface area (Å²) in [6.45, 7) is 3.56. The fraction of sp³-hybridized carbons (Fsp3) is 0.400. The van der Waals surface area contributed by atoms with E-state index in [0.29, 0.717) is 23.8 Å². The fourth-order valence-corrected chi connectivity index (χ4v) is 7.42. The lowest BCUT2D eigenvalue weighted by atomic mass is 9.52. The van der Waals surface area contributed by atoms with Crippen molar-refractivity contribution in [2.24, 2.45) is 5.92 Å².